The standard InChI is InChI=1S/C20H26IO2/c1-19(2,3)22-17-11-7-15(8-12-17)21-16-9-13-18(14-10-16)23-20(4,5)6/h7-14H,1-6H3/q+1. The van der Waals surface area contributed by atoms with Gasteiger partial charge in [-0.25, -0.2) is 0 Å². The molecule has 0 atom stereocenters. The Morgan fingerprint density at radius 2 is 0.870 bits per heavy atom. The van der Waals surface area contributed by atoms with Crippen molar-refractivity contribution in [2.24, 2.45) is 0 Å². The Morgan fingerprint density at radius 1 is 0.565 bits per heavy atom. The van der Waals surface area contributed by atoms with Crippen LogP contribution in [-0.4, -0.2) is 11.2 Å². The third-order valence-corrected chi connectivity index (χ3v) is 5.38. The van der Waals surface area contributed by atoms with Crippen molar-refractivity contribution in [2.75, 3.05) is 0 Å². The van der Waals surface area contributed by atoms with E-state index in [0.717, 1.165) is 11.5 Å². The van der Waals surface area contributed by atoms with Gasteiger partial charge in [-0.2, -0.15) is 0 Å². The molecular weight excluding hydrogens is 399 g/mol. The molecule has 0 bridgehead atoms. The van der Waals surface area contributed by atoms with E-state index in [2.05, 4.69) is 90.1 Å². The van der Waals surface area contributed by atoms with Crippen LogP contribution in [0.2, 0.25) is 0 Å². The highest BCUT2D eigenvalue weighted by atomic mass is 127. The van der Waals surface area contributed by atoms with Crippen LogP contribution in [0, 0.1) is 7.14 Å². The highest BCUT2D eigenvalue weighted by Gasteiger charge is 2.18. The molecule has 2 aromatic carbocycles. The largest absolute Gasteiger partial charge is 0.488 e. The first-order valence-corrected chi connectivity index (χ1v) is 9.99. The third kappa shape index (κ3) is 6.81. The number of halogens is 1. The van der Waals surface area contributed by atoms with Crippen LogP contribution in [0.1, 0.15) is 41.5 Å². The molecule has 0 aliphatic rings. The summed E-state index contributed by atoms with van der Waals surface area (Å²) in [6.45, 7) is 12.4. The van der Waals surface area contributed by atoms with Crippen LogP contribution in [0.4, 0.5) is 0 Å². The second-order valence-electron chi connectivity index (χ2n) is 7.43. The maximum atomic E-state index is 5.86. The van der Waals surface area contributed by atoms with E-state index in [4.69, 9.17) is 9.47 Å². The monoisotopic (exact) mass is 425 g/mol. The van der Waals surface area contributed by atoms with Gasteiger partial charge in [-0.3, -0.25) is 0 Å². The van der Waals surface area contributed by atoms with Gasteiger partial charge in [0, 0.05) is 0 Å². The molecule has 3 heteroatoms. The molecule has 0 N–H and O–H groups in total. The van der Waals surface area contributed by atoms with E-state index in [0.29, 0.717) is 0 Å². The van der Waals surface area contributed by atoms with E-state index < -0.39 is 0 Å². The molecule has 2 rings (SSSR count). The molecule has 2 aromatic rings. The van der Waals surface area contributed by atoms with Crippen molar-refractivity contribution >= 4 is 0 Å². The lowest BCUT2D eigenvalue weighted by Crippen LogP contribution is -3.61. The van der Waals surface area contributed by atoms with Crippen molar-refractivity contribution in [3.8, 4) is 11.5 Å². The van der Waals surface area contributed by atoms with Crippen LogP contribution >= 0.6 is 0 Å². The van der Waals surface area contributed by atoms with E-state index >= 15 is 0 Å². The normalized spacial score (nSPS) is 12.1. The molecule has 124 valence electrons. The first kappa shape index (κ1) is 18.1. The lowest BCUT2D eigenvalue weighted by molar-refractivity contribution is -0.597. The fourth-order valence-corrected chi connectivity index (χ4v) is 4.12. The summed E-state index contributed by atoms with van der Waals surface area (Å²) in [6, 6.07) is 17.0. The van der Waals surface area contributed by atoms with Gasteiger partial charge in [-0.15, -0.1) is 0 Å². The summed E-state index contributed by atoms with van der Waals surface area (Å²) < 4.78 is 14.5. The second-order valence-corrected chi connectivity index (χ2v) is 10.5. The van der Waals surface area contributed by atoms with E-state index in [9.17, 15) is 0 Å². The van der Waals surface area contributed by atoms with Crippen molar-refractivity contribution in [3.05, 3.63) is 55.7 Å². The Kier molecular flexibility index (Phi) is 5.61. The van der Waals surface area contributed by atoms with Gasteiger partial charge in [-0.05, 0) is 90.1 Å². The molecule has 2 nitrogen and oxygen atoms in total. The molecule has 0 amide bonds. The molecular formula is C20H26IO2+. The zero-order valence-corrected chi connectivity index (χ0v) is 17.0. The number of ether oxygens (including phenoxy) is 2. The lowest BCUT2D eigenvalue weighted by Gasteiger charge is -2.21. The highest BCUT2D eigenvalue weighted by molar-refractivity contribution is 5.23. The Morgan fingerprint density at radius 3 is 1.13 bits per heavy atom. The molecule has 0 radical (unpaired) electrons. The van der Waals surface area contributed by atoms with Crippen LogP contribution in [0.25, 0.3) is 0 Å². The zero-order chi connectivity index (χ0) is 17.1. The van der Waals surface area contributed by atoms with Crippen LogP contribution in [0.3, 0.4) is 0 Å². The molecule has 0 aliphatic carbocycles. The van der Waals surface area contributed by atoms with Gasteiger partial charge >= 0.3 is 21.2 Å². The summed E-state index contributed by atoms with van der Waals surface area (Å²) in [5.41, 5.74) is -0.307. The zero-order valence-electron chi connectivity index (χ0n) is 14.8. The van der Waals surface area contributed by atoms with Gasteiger partial charge in [0.25, 0.3) is 0 Å². The number of rotatable bonds is 4. The fraction of sp³-hybridized carbons (Fsp3) is 0.400. The summed E-state index contributed by atoms with van der Waals surface area (Å²) >= 11 is -0.176. The Bertz CT molecular complexity index is 559. The summed E-state index contributed by atoms with van der Waals surface area (Å²) in [6.07, 6.45) is 0. The topological polar surface area (TPSA) is 18.5 Å². The summed E-state index contributed by atoms with van der Waals surface area (Å²) in [7, 11) is 0. The average molecular weight is 425 g/mol. The number of hydrogen-bond acceptors (Lipinski definition) is 2. The van der Waals surface area contributed by atoms with Gasteiger partial charge in [0.15, 0.2) is 7.14 Å². The molecule has 0 aliphatic heterocycles. The van der Waals surface area contributed by atoms with Gasteiger partial charge in [0.2, 0.25) is 0 Å². The SMILES string of the molecule is CC(C)(C)Oc1ccc([I+]c2ccc(OC(C)(C)C)cc2)cc1. The smallest absolute Gasteiger partial charge is 0.357 e. The van der Waals surface area contributed by atoms with E-state index in [1.54, 1.807) is 0 Å². The van der Waals surface area contributed by atoms with Crippen molar-refractivity contribution < 1.29 is 30.7 Å². The molecule has 0 fully saturated rings. The van der Waals surface area contributed by atoms with E-state index in [-0.39, 0.29) is 32.4 Å². The van der Waals surface area contributed by atoms with Crippen molar-refractivity contribution in [3.63, 3.8) is 0 Å². The predicted molar refractivity (Wildman–Crippen MR) is 91.0 cm³/mol. The van der Waals surface area contributed by atoms with Crippen molar-refractivity contribution in [1.82, 2.24) is 0 Å². The Balaban J connectivity index is 1.99. The summed E-state index contributed by atoms with van der Waals surface area (Å²) in [5.74, 6) is 1.86. The van der Waals surface area contributed by atoms with Gasteiger partial charge in [-0.1, -0.05) is 0 Å². The van der Waals surface area contributed by atoms with Crippen LogP contribution < -0.4 is 30.7 Å². The minimum absolute atomic E-state index is 0.153. The average Bonchev–Trinajstić information content (AvgIpc) is 2.40. The van der Waals surface area contributed by atoms with Crippen molar-refractivity contribution in [2.45, 2.75) is 52.7 Å². The predicted octanol–water partition coefficient (Wildman–Crippen LogP) is 2.17. The maximum Gasteiger partial charge on any atom is 0.357 e. The summed E-state index contributed by atoms with van der Waals surface area (Å²) in [4.78, 5) is 0. The number of hydrogen-bond donors (Lipinski definition) is 0. The van der Waals surface area contributed by atoms with Gasteiger partial charge < -0.3 is 9.47 Å². The second kappa shape index (κ2) is 7.12. The van der Waals surface area contributed by atoms with Crippen LogP contribution in [-0.2, 0) is 0 Å². The lowest BCUT2D eigenvalue weighted by atomic mass is 10.2. The molecule has 0 saturated carbocycles. The van der Waals surface area contributed by atoms with Crippen LogP contribution in [0.15, 0.2) is 48.5 Å². The first-order chi connectivity index (χ1) is 10.6. The minimum Gasteiger partial charge on any atom is -0.488 e. The molecule has 23 heavy (non-hydrogen) atoms. The molecule has 0 spiro atoms. The quantitative estimate of drug-likeness (QED) is 0.700. The Hall–Kier alpha value is -1.23. The molecule has 0 aromatic heterocycles. The molecule has 0 unspecified atom stereocenters. The van der Waals surface area contributed by atoms with Gasteiger partial charge in [0.1, 0.15) is 22.7 Å². The summed E-state index contributed by atoms with van der Waals surface area (Å²) in [5, 5.41) is 0. The molecule has 0 heterocycles. The van der Waals surface area contributed by atoms with Gasteiger partial charge in [0.05, 0.1) is 0 Å². The van der Waals surface area contributed by atoms with Crippen molar-refractivity contribution in [1.29, 1.82) is 0 Å². The molecule has 0 saturated heterocycles. The van der Waals surface area contributed by atoms with E-state index in [1.807, 2.05) is 0 Å². The van der Waals surface area contributed by atoms with Crippen LogP contribution in [0.5, 0.6) is 11.5 Å². The highest BCUT2D eigenvalue weighted by Crippen LogP contribution is 2.17. The number of benzene rings is 2. The maximum absolute atomic E-state index is 5.86. The third-order valence-electron chi connectivity index (χ3n) is 2.69. The fourth-order valence-electron chi connectivity index (χ4n) is 1.96. The first-order valence-electron chi connectivity index (χ1n) is 7.84. The Labute approximate surface area is 150 Å². The van der Waals surface area contributed by atoms with E-state index in [1.165, 1.54) is 7.14 Å². The minimum atomic E-state index is -0.176.